The van der Waals surface area contributed by atoms with Crippen molar-refractivity contribution < 1.29 is 0 Å². The van der Waals surface area contributed by atoms with Crippen LogP contribution in [-0.4, -0.2) is 19.9 Å². The maximum atomic E-state index is 5.56. The Morgan fingerprint density at radius 2 is 0.662 bits per heavy atom. The second-order valence-corrected chi connectivity index (χ2v) is 16.9. The highest BCUT2D eigenvalue weighted by molar-refractivity contribution is 6.05. The molecule has 0 saturated heterocycles. The average Bonchev–Trinajstić information content (AvgIpc) is 3.85. The van der Waals surface area contributed by atoms with E-state index in [1.54, 1.807) is 0 Å². The molecule has 0 N–H and O–H groups in total. The zero-order valence-corrected chi connectivity index (χ0v) is 35.2. The predicted molar refractivity (Wildman–Crippen MR) is 264 cm³/mol. The largest absolute Gasteiger partial charge is 0.248 e. The van der Waals surface area contributed by atoms with Gasteiger partial charge in [0.15, 0.2) is 17.5 Å². The van der Waals surface area contributed by atoms with Crippen molar-refractivity contribution in [2.75, 3.05) is 0 Å². The van der Waals surface area contributed by atoms with E-state index in [1.807, 2.05) is 36.4 Å². The maximum absolute atomic E-state index is 5.56. The van der Waals surface area contributed by atoms with Gasteiger partial charge >= 0.3 is 0 Å². The topological polar surface area (TPSA) is 51.6 Å². The first-order valence-corrected chi connectivity index (χ1v) is 22.1. The van der Waals surface area contributed by atoms with Crippen LogP contribution in [0.5, 0.6) is 0 Å². The minimum absolute atomic E-state index is 0.482. The number of rotatable bonds is 6. The second kappa shape index (κ2) is 14.8. The van der Waals surface area contributed by atoms with E-state index in [-0.39, 0.29) is 0 Å². The van der Waals surface area contributed by atoms with Crippen molar-refractivity contribution in [1.29, 1.82) is 0 Å². The van der Waals surface area contributed by atoms with Crippen LogP contribution in [0.3, 0.4) is 0 Å². The van der Waals surface area contributed by atoms with Gasteiger partial charge in [0.25, 0.3) is 0 Å². The summed E-state index contributed by atoms with van der Waals surface area (Å²) < 4.78 is 0. The third-order valence-electron chi connectivity index (χ3n) is 13.3. The number of pyridine rings is 1. The van der Waals surface area contributed by atoms with Crippen LogP contribution in [0, 0.1) is 0 Å². The Labute approximate surface area is 377 Å². The number of benzene rings is 9. The van der Waals surface area contributed by atoms with E-state index in [9.17, 15) is 0 Å². The van der Waals surface area contributed by atoms with Crippen molar-refractivity contribution in [3.8, 4) is 89.9 Å². The summed E-state index contributed by atoms with van der Waals surface area (Å²) in [6, 6.07) is 82.2. The van der Waals surface area contributed by atoms with E-state index in [0.29, 0.717) is 17.5 Å². The van der Waals surface area contributed by atoms with Gasteiger partial charge in [0.2, 0.25) is 0 Å². The van der Waals surface area contributed by atoms with Crippen molar-refractivity contribution in [3.05, 3.63) is 253 Å². The van der Waals surface area contributed by atoms with Gasteiger partial charge in [-0.2, -0.15) is 0 Å². The minimum Gasteiger partial charge on any atom is -0.248 e. The normalized spacial score (nSPS) is 12.7. The smallest absolute Gasteiger partial charge is 0.164 e. The van der Waals surface area contributed by atoms with E-state index in [1.165, 1.54) is 44.5 Å². The number of hydrogen-bond acceptors (Lipinski definition) is 4. The Bertz CT molecular complexity index is 3540. The first kappa shape index (κ1) is 37.0. The summed E-state index contributed by atoms with van der Waals surface area (Å²) >= 11 is 0. The highest BCUT2D eigenvalue weighted by atomic mass is 15.0. The molecule has 0 amide bonds. The lowest BCUT2D eigenvalue weighted by molar-refractivity contribution is 0.794. The van der Waals surface area contributed by atoms with Crippen molar-refractivity contribution in [2.24, 2.45) is 0 Å². The molecule has 0 aliphatic heterocycles. The predicted octanol–water partition coefficient (Wildman–Crippen LogP) is 14.8. The van der Waals surface area contributed by atoms with Crippen LogP contribution in [-0.2, 0) is 5.41 Å². The summed E-state index contributed by atoms with van der Waals surface area (Å²) in [5.41, 5.74) is 19.7. The van der Waals surface area contributed by atoms with Crippen LogP contribution in [0.2, 0.25) is 0 Å². The van der Waals surface area contributed by atoms with E-state index in [2.05, 4.69) is 194 Å². The summed E-state index contributed by atoms with van der Waals surface area (Å²) in [5.74, 6) is 1.86. The third-order valence-corrected chi connectivity index (χ3v) is 13.3. The molecule has 302 valence electrons. The first-order valence-electron chi connectivity index (χ1n) is 22.1. The molecule has 1 spiro atoms. The Balaban J connectivity index is 1.10. The quantitative estimate of drug-likeness (QED) is 0.168. The lowest BCUT2D eigenvalue weighted by Gasteiger charge is -2.30. The molecule has 2 aromatic heterocycles. The van der Waals surface area contributed by atoms with Crippen LogP contribution < -0.4 is 0 Å². The number of nitrogens with zero attached hydrogens (tertiary/aromatic N) is 4. The molecule has 0 radical (unpaired) electrons. The summed E-state index contributed by atoms with van der Waals surface area (Å²) in [7, 11) is 0. The van der Waals surface area contributed by atoms with Crippen LogP contribution >= 0.6 is 0 Å². The average molecular weight is 827 g/mol. The van der Waals surface area contributed by atoms with Crippen molar-refractivity contribution in [1.82, 2.24) is 19.9 Å². The lowest BCUT2D eigenvalue weighted by atomic mass is 9.70. The van der Waals surface area contributed by atoms with Gasteiger partial charge in [-0.05, 0) is 103 Å². The van der Waals surface area contributed by atoms with Gasteiger partial charge < -0.3 is 0 Å². The molecule has 0 bridgehead atoms. The molecule has 9 aromatic carbocycles. The molecule has 2 heterocycles. The van der Waals surface area contributed by atoms with E-state index in [4.69, 9.17) is 19.9 Å². The van der Waals surface area contributed by atoms with Gasteiger partial charge in [0, 0.05) is 27.6 Å². The van der Waals surface area contributed by atoms with Crippen molar-refractivity contribution >= 4 is 10.9 Å². The first-order chi connectivity index (χ1) is 32.2. The molecule has 0 saturated carbocycles. The summed E-state index contributed by atoms with van der Waals surface area (Å²) in [6.07, 6.45) is 0. The fourth-order valence-electron chi connectivity index (χ4n) is 10.5. The van der Waals surface area contributed by atoms with E-state index in [0.717, 1.165) is 61.1 Å². The van der Waals surface area contributed by atoms with Gasteiger partial charge in [0.1, 0.15) is 0 Å². The van der Waals surface area contributed by atoms with Gasteiger partial charge in [-0.3, -0.25) is 0 Å². The van der Waals surface area contributed by atoms with Crippen LogP contribution in [0.15, 0.2) is 231 Å². The second-order valence-electron chi connectivity index (χ2n) is 16.9. The molecule has 4 heteroatoms. The monoisotopic (exact) mass is 826 g/mol. The number of aromatic nitrogens is 4. The lowest BCUT2D eigenvalue weighted by Crippen LogP contribution is -2.25. The molecular formula is C61H38N4. The van der Waals surface area contributed by atoms with Gasteiger partial charge in [-0.25, -0.2) is 19.9 Å². The van der Waals surface area contributed by atoms with Crippen molar-refractivity contribution in [2.45, 2.75) is 5.41 Å². The van der Waals surface area contributed by atoms with Crippen LogP contribution in [0.4, 0.5) is 0 Å². The maximum Gasteiger partial charge on any atom is 0.164 e. The Kier molecular flexibility index (Phi) is 8.40. The Morgan fingerprint density at radius 1 is 0.246 bits per heavy atom. The number of fused-ring (bicyclic) bond motifs is 11. The molecule has 4 nitrogen and oxygen atoms in total. The molecule has 2 aliphatic carbocycles. The number of hydrogen-bond donors (Lipinski definition) is 0. The summed E-state index contributed by atoms with van der Waals surface area (Å²) in [4.78, 5) is 21.0. The highest BCUT2D eigenvalue weighted by Crippen LogP contribution is 2.63. The molecule has 65 heavy (non-hydrogen) atoms. The zero-order chi connectivity index (χ0) is 42.9. The van der Waals surface area contributed by atoms with Crippen molar-refractivity contribution in [3.63, 3.8) is 0 Å². The molecule has 11 aromatic rings. The Morgan fingerprint density at radius 3 is 1.20 bits per heavy atom. The van der Waals surface area contributed by atoms with E-state index < -0.39 is 5.41 Å². The van der Waals surface area contributed by atoms with Crippen LogP contribution in [0.25, 0.3) is 101 Å². The Hall–Kier alpha value is -8.60. The molecular weight excluding hydrogens is 789 g/mol. The van der Waals surface area contributed by atoms with Gasteiger partial charge in [0.05, 0.1) is 16.6 Å². The SMILES string of the molecule is c1ccc(-c2cc(-c3nc(-c4ccccc4)nc(-c4ccccc4)n3)cc(-c3cc(-c4ccccc4)nc4cc5c(cc34)-c3ccccc3C53c4ccccc4-c4ccccc43)c2)cc1. The highest BCUT2D eigenvalue weighted by Gasteiger charge is 2.51. The van der Waals surface area contributed by atoms with Crippen LogP contribution in [0.1, 0.15) is 22.3 Å². The van der Waals surface area contributed by atoms with Gasteiger partial charge in [-0.1, -0.05) is 194 Å². The summed E-state index contributed by atoms with van der Waals surface area (Å²) in [6.45, 7) is 0. The van der Waals surface area contributed by atoms with E-state index >= 15 is 0 Å². The standard InChI is InChI=1S/C61H38N4/c1-5-19-39(20-6-1)43-33-44(35-45(34-43)60-64-58(41-23-9-3-10-24-41)63-59(65-60)42-25-11-4-12-26-42)49-37-56(40-21-7-2-8-22-40)62-57-38-55-50(36-51(49)57)48-29-15-18-32-54(48)61(55)52-30-16-13-27-46(52)47-28-14-17-31-53(47)61/h1-38H. The summed E-state index contributed by atoms with van der Waals surface area (Å²) in [5, 5.41) is 1.08. The fourth-order valence-corrected chi connectivity index (χ4v) is 10.5. The molecule has 13 rings (SSSR count). The molecule has 0 fully saturated rings. The zero-order valence-electron chi connectivity index (χ0n) is 35.2. The fraction of sp³-hybridized carbons (Fsp3) is 0.0164. The molecule has 2 aliphatic rings. The molecule has 0 atom stereocenters. The minimum atomic E-state index is -0.482. The van der Waals surface area contributed by atoms with Gasteiger partial charge in [-0.15, -0.1) is 0 Å². The molecule has 0 unspecified atom stereocenters. The third kappa shape index (κ3) is 5.85.